The molecule has 1 saturated heterocycles. The molecule has 0 saturated carbocycles. The van der Waals surface area contributed by atoms with Crippen molar-refractivity contribution in [1.82, 2.24) is 15.1 Å². The van der Waals surface area contributed by atoms with E-state index in [9.17, 15) is 4.79 Å². The van der Waals surface area contributed by atoms with Gasteiger partial charge < -0.3 is 20.0 Å². The molecule has 8 heteroatoms. The van der Waals surface area contributed by atoms with E-state index < -0.39 is 0 Å². The SMILES string of the molecule is CCNC(=NCc1ccc(C(=O)N(C)C)cc1)N1CCN(c2cccc(Cl)c2)CC1.I. The number of anilines is 1. The predicted molar refractivity (Wildman–Crippen MR) is 140 cm³/mol. The van der Waals surface area contributed by atoms with Crippen LogP contribution in [0.3, 0.4) is 0 Å². The zero-order valence-corrected chi connectivity index (χ0v) is 21.4. The number of halogens is 2. The van der Waals surface area contributed by atoms with Crippen molar-refractivity contribution >= 4 is 53.1 Å². The first-order valence-corrected chi connectivity index (χ1v) is 10.7. The summed E-state index contributed by atoms with van der Waals surface area (Å²) < 4.78 is 0. The topological polar surface area (TPSA) is 51.2 Å². The van der Waals surface area contributed by atoms with Gasteiger partial charge in [-0.1, -0.05) is 29.8 Å². The molecular formula is C23H31ClIN5O. The second kappa shape index (κ2) is 12.1. The number of guanidine groups is 1. The first-order valence-electron chi connectivity index (χ1n) is 10.3. The van der Waals surface area contributed by atoms with Crippen molar-refractivity contribution in [1.29, 1.82) is 0 Å². The molecule has 0 radical (unpaired) electrons. The number of hydrogen-bond donors (Lipinski definition) is 1. The summed E-state index contributed by atoms with van der Waals surface area (Å²) in [5.41, 5.74) is 2.94. The lowest BCUT2D eigenvalue weighted by atomic mass is 10.1. The summed E-state index contributed by atoms with van der Waals surface area (Å²) in [4.78, 5) is 23.1. The second-order valence-electron chi connectivity index (χ2n) is 7.52. The Hall–Kier alpha value is -2.00. The minimum atomic E-state index is 0. The Bertz CT molecular complexity index is 880. The molecule has 1 amide bonds. The van der Waals surface area contributed by atoms with Gasteiger partial charge in [0.25, 0.3) is 5.91 Å². The Balaban J connectivity index is 0.00000341. The van der Waals surface area contributed by atoms with Crippen LogP contribution in [0.4, 0.5) is 5.69 Å². The number of aliphatic imine (C=N–C) groups is 1. The molecule has 1 aliphatic heterocycles. The fraction of sp³-hybridized carbons (Fsp3) is 0.391. The Labute approximate surface area is 207 Å². The Morgan fingerprint density at radius 3 is 2.35 bits per heavy atom. The second-order valence-corrected chi connectivity index (χ2v) is 7.96. The van der Waals surface area contributed by atoms with Crippen LogP contribution < -0.4 is 10.2 Å². The van der Waals surface area contributed by atoms with Crippen LogP contribution in [0.2, 0.25) is 5.02 Å². The quantitative estimate of drug-likeness (QED) is 0.345. The summed E-state index contributed by atoms with van der Waals surface area (Å²) in [6.45, 7) is 7.12. The first-order chi connectivity index (χ1) is 14.5. The van der Waals surface area contributed by atoms with Gasteiger partial charge in [-0.15, -0.1) is 24.0 Å². The normalized spacial score (nSPS) is 14.1. The van der Waals surface area contributed by atoms with Crippen LogP contribution in [-0.4, -0.2) is 68.5 Å². The number of hydrogen-bond acceptors (Lipinski definition) is 3. The van der Waals surface area contributed by atoms with Crippen molar-refractivity contribution in [3.05, 3.63) is 64.7 Å². The molecular weight excluding hydrogens is 525 g/mol. The summed E-state index contributed by atoms with van der Waals surface area (Å²) in [5, 5.41) is 4.17. The average molecular weight is 556 g/mol. The van der Waals surface area contributed by atoms with Crippen molar-refractivity contribution in [3.63, 3.8) is 0 Å². The van der Waals surface area contributed by atoms with Crippen molar-refractivity contribution in [3.8, 4) is 0 Å². The number of carbonyl (C=O) groups excluding carboxylic acids is 1. The lowest BCUT2D eigenvalue weighted by Gasteiger charge is -2.37. The zero-order valence-electron chi connectivity index (χ0n) is 18.3. The molecule has 0 unspecified atom stereocenters. The predicted octanol–water partition coefficient (Wildman–Crippen LogP) is 3.95. The van der Waals surface area contributed by atoms with E-state index in [0.29, 0.717) is 12.1 Å². The first kappa shape index (κ1) is 25.3. The Morgan fingerprint density at radius 1 is 1.10 bits per heavy atom. The molecule has 0 spiro atoms. The number of nitrogens with zero attached hydrogens (tertiary/aromatic N) is 4. The maximum Gasteiger partial charge on any atom is 0.253 e. The largest absolute Gasteiger partial charge is 0.368 e. The fourth-order valence-electron chi connectivity index (χ4n) is 3.45. The van der Waals surface area contributed by atoms with Gasteiger partial charge in [-0.3, -0.25) is 4.79 Å². The van der Waals surface area contributed by atoms with Gasteiger partial charge in [0.05, 0.1) is 6.54 Å². The van der Waals surface area contributed by atoms with Crippen LogP contribution in [0.25, 0.3) is 0 Å². The van der Waals surface area contributed by atoms with E-state index in [-0.39, 0.29) is 29.9 Å². The third-order valence-corrected chi connectivity index (χ3v) is 5.34. The average Bonchev–Trinajstić information content (AvgIpc) is 2.76. The van der Waals surface area contributed by atoms with Crippen molar-refractivity contribution < 1.29 is 4.79 Å². The highest BCUT2D eigenvalue weighted by Crippen LogP contribution is 2.21. The van der Waals surface area contributed by atoms with Crippen LogP contribution in [0.15, 0.2) is 53.5 Å². The molecule has 6 nitrogen and oxygen atoms in total. The monoisotopic (exact) mass is 555 g/mol. The molecule has 1 heterocycles. The van der Waals surface area contributed by atoms with Gasteiger partial charge in [-0.05, 0) is 42.8 Å². The summed E-state index contributed by atoms with van der Waals surface area (Å²) >= 11 is 6.14. The number of benzene rings is 2. The van der Waals surface area contributed by atoms with Gasteiger partial charge in [0.2, 0.25) is 0 Å². The fourth-order valence-corrected chi connectivity index (χ4v) is 3.64. The van der Waals surface area contributed by atoms with Crippen LogP contribution >= 0.6 is 35.6 Å². The molecule has 0 atom stereocenters. The van der Waals surface area contributed by atoms with Gasteiger partial charge in [0, 0.05) is 63.1 Å². The van der Waals surface area contributed by atoms with Crippen LogP contribution in [0.5, 0.6) is 0 Å². The number of amides is 1. The summed E-state index contributed by atoms with van der Waals surface area (Å²) in [6, 6.07) is 15.7. The van der Waals surface area contributed by atoms with Gasteiger partial charge in [-0.25, -0.2) is 4.99 Å². The van der Waals surface area contributed by atoms with Gasteiger partial charge >= 0.3 is 0 Å². The summed E-state index contributed by atoms with van der Waals surface area (Å²) in [7, 11) is 3.52. The van der Waals surface area contributed by atoms with Gasteiger partial charge in [-0.2, -0.15) is 0 Å². The molecule has 168 valence electrons. The van der Waals surface area contributed by atoms with Crippen molar-refractivity contribution in [2.75, 3.05) is 51.7 Å². The van der Waals surface area contributed by atoms with Crippen LogP contribution in [0.1, 0.15) is 22.8 Å². The lowest BCUT2D eigenvalue weighted by Crippen LogP contribution is -2.52. The number of piperazine rings is 1. The van der Waals surface area contributed by atoms with Crippen molar-refractivity contribution in [2.45, 2.75) is 13.5 Å². The van der Waals surface area contributed by atoms with E-state index in [1.54, 1.807) is 19.0 Å². The molecule has 3 rings (SSSR count). The van der Waals surface area contributed by atoms with E-state index in [1.165, 1.54) is 0 Å². The van der Waals surface area contributed by atoms with Crippen LogP contribution in [-0.2, 0) is 6.54 Å². The molecule has 1 fully saturated rings. The third kappa shape index (κ3) is 7.00. The summed E-state index contributed by atoms with van der Waals surface area (Å²) in [5.74, 6) is 0.938. The van der Waals surface area contributed by atoms with E-state index in [0.717, 1.165) is 55.0 Å². The lowest BCUT2D eigenvalue weighted by molar-refractivity contribution is 0.0827. The molecule has 31 heavy (non-hydrogen) atoms. The molecule has 1 aliphatic rings. The summed E-state index contributed by atoms with van der Waals surface area (Å²) in [6.07, 6.45) is 0. The minimum Gasteiger partial charge on any atom is -0.368 e. The molecule has 0 bridgehead atoms. The maximum atomic E-state index is 12.0. The van der Waals surface area contributed by atoms with E-state index in [2.05, 4.69) is 28.1 Å². The van der Waals surface area contributed by atoms with E-state index in [4.69, 9.17) is 16.6 Å². The van der Waals surface area contributed by atoms with E-state index >= 15 is 0 Å². The third-order valence-electron chi connectivity index (χ3n) is 5.11. The molecule has 0 aromatic heterocycles. The molecule has 2 aromatic carbocycles. The number of rotatable bonds is 5. The van der Waals surface area contributed by atoms with E-state index in [1.807, 2.05) is 42.5 Å². The van der Waals surface area contributed by atoms with Crippen molar-refractivity contribution in [2.24, 2.45) is 4.99 Å². The van der Waals surface area contributed by atoms with Gasteiger partial charge in [0.15, 0.2) is 5.96 Å². The number of carbonyl (C=O) groups is 1. The maximum absolute atomic E-state index is 12.0. The smallest absolute Gasteiger partial charge is 0.253 e. The Morgan fingerprint density at radius 2 is 1.77 bits per heavy atom. The van der Waals surface area contributed by atoms with Crippen LogP contribution in [0, 0.1) is 0 Å². The van der Waals surface area contributed by atoms with Gasteiger partial charge in [0.1, 0.15) is 0 Å². The molecule has 1 N–H and O–H groups in total. The zero-order chi connectivity index (χ0) is 21.5. The number of nitrogens with one attached hydrogen (secondary N) is 1. The minimum absolute atomic E-state index is 0. The Kier molecular flexibility index (Phi) is 9.90. The molecule has 2 aromatic rings. The molecule has 0 aliphatic carbocycles. The highest BCUT2D eigenvalue weighted by Gasteiger charge is 2.20. The highest BCUT2D eigenvalue weighted by atomic mass is 127. The standard InChI is InChI=1S/C23H30ClN5O.HI/c1-4-25-23(26-17-18-8-10-19(11-9-18)22(30)27(2)3)29-14-12-28(13-15-29)21-7-5-6-20(24)16-21;/h5-11,16H,4,12-15,17H2,1-3H3,(H,25,26);1H. The highest BCUT2D eigenvalue weighted by molar-refractivity contribution is 14.0.